The van der Waals surface area contributed by atoms with Gasteiger partial charge in [0.15, 0.2) is 0 Å². The maximum atomic E-state index is 11.6. The number of benzene rings is 1. The smallest absolute Gasteiger partial charge is 0.338 e. The van der Waals surface area contributed by atoms with Crippen LogP contribution in [0.1, 0.15) is 13.8 Å². The van der Waals surface area contributed by atoms with E-state index in [1.807, 2.05) is 0 Å². The van der Waals surface area contributed by atoms with Gasteiger partial charge in [-0.3, -0.25) is 0 Å². The van der Waals surface area contributed by atoms with Gasteiger partial charge in [-0.15, -0.1) is 0 Å². The molecule has 0 unspecified atom stereocenters. The fourth-order valence-corrected chi connectivity index (χ4v) is 1.41. The van der Waals surface area contributed by atoms with Crippen LogP contribution in [0.15, 0.2) is 51.2 Å². The van der Waals surface area contributed by atoms with Gasteiger partial charge in [0.2, 0.25) is 0 Å². The molecule has 2 aromatic rings. The molecule has 0 fully saturated rings. The Bertz CT molecular complexity index is 679. The van der Waals surface area contributed by atoms with E-state index in [0.29, 0.717) is 16.9 Å². The average Bonchev–Trinajstić information content (AvgIpc) is 2.37. The van der Waals surface area contributed by atoms with Gasteiger partial charge in [-0.2, -0.15) is 0 Å². The Morgan fingerprint density at radius 1 is 1.28 bits per heavy atom. The van der Waals surface area contributed by atoms with E-state index in [1.54, 1.807) is 38.1 Å². The maximum Gasteiger partial charge on any atom is 0.338 e. The van der Waals surface area contributed by atoms with Crippen LogP contribution in [0.4, 0.5) is 0 Å². The monoisotopic (exact) mass is 244 g/mol. The maximum absolute atomic E-state index is 11.6. The Labute approximate surface area is 103 Å². The number of carbonyl (C=O) groups is 1. The minimum atomic E-state index is -0.435. The number of carbonyl (C=O) groups excluding carboxylic acids is 1. The second kappa shape index (κ2) is 4.87. The summed E-state index contributed by atoms with van der Waals surface area (Å²) in [6, 6.07) is 7.91. The molecule has 0 aliphatic heterocycles. The lowest BCUT2D eigenvalue weighted by Crippen LogP contribution is -2.08. The molecule has 0 N–H and O–H groups in total. The van der Waals surface area contributed by atoms with Gasteiger partial charge in [-0.25, -0.2) is 9.59 Å². The average molecular weight is 244 g/mol. The molecule has 18 heavy (non-hydrogen) atoms. The fraction of sp³-hybridized carbons (Fsp3) is 0.143. The zero-order valence-electron chi connectivity index (χ0n) is 10.1. The Morgan fingerprint density at radius 2 is 2.00 bits per heavy atom. The molecule has 1 aromatic carbocycles. The summed E-state index contributed by atoms with van der Waals surface area (Å²) in [6.07, 6.45) is 1.67. The lowest BCUT2D eigenvalue weighted by Gasteiger charge is -2.04. The summed E-state index contributed by atoms with van der Waals surface area (Å²) in [6.45, 7) is 3.43. The molecule has 0 bridgehead atoms. The van der Waals surface area contributed by atoms with Crippen molar-refractivity contribution >= 4 is 16.9 Å². The van der Waals surface area contributed by atoms with Gasteiger partial charge in [0, 0.05) is 23.1 Å². The lowest BCUT2D eigenvalue weighted by atomic mass is 10.2. The molecule has 0 atom stereocenters. The Kier molecular flexibility index (Phi) is 3.28. The molecule has 0 aliphatic rings. The second-order valence-electron chi connectivity index (χ2n) is 3.82. The van der Waals surface area contributed by atoms with Gasteiger partial charge >= 0.3 is 11.6 Å². The molecule has 1 aromatic heterocycles. The summed E-state index contributed by atoms with van der Waals surface area (Å²) < 4.78 is 10.2. The van der Waals surface area contributed by atoms with Crippen LogP contribution in [-0.2, 0) is 4.79 Å². The quantitative estimate of drug-likeness (QED) is 0.352. The van der Waals surface area contributed by atoms with E-state index in [2.05, 4.69) is 0 Å². The van der Waals surface area contributed by atoms with Gasteiger partial charge in [0.25, 0.3) is 0 Å². The molecule has 92 valence electrons. The standard InChI is InChI=1S/C14H12O4/c1-3-9(2)14(16)17-11-6-4-10-5-7-13(15)18-12(10)8-11/h3-8H,1-2H3. The molecule has 2 rings (SSSR count). The Balaban J connectivity index is 2.35. The predicted octanol–water partition coefficient (Wildman–Crippen LogP) is 2.66. The molecule has 0 radical (unpaired) electrons. The zero-order valence-corrected chi connectivity index (χ0v) is 10.1. The van der Waals surface area contributed by atoms with Crippen LogP contribution in [0.5, 0.6) is 5.75 Å². The molecular weight excluding hydrogens is 232 g/mol. The van der Waals surface area contributed by atoms with E-state index in [9.17, 15) is 9.59 Å². The first kappa shape index (κ1) is 12.1. The van der Waals surface area contributed by atoms with Crippen molar-refractivity contribution in [3.63, 3.8) is 0 Å². The fourth-order valence-electron chi connectivity index (χ4n) is 1.41. The topological polar surface area (TPSA) is 56.5 Å². The second-order valence-corrected chi connectivity index (χ2v) is 3.82. The molecule has 0 amide bonds. The highest BCUT2D eigenvalue weighted by Gasteiger charge is 2.07. The highest BCUT2D eigenvalue weighted by atomic mass is 16.5. The van der Waals surface area contributed by atoms with E-state index in [4.69, 9.17) is 9.15 Å². The van der Waals surface area contributed by atoms with Crippen molar-refractivity contribution in [2.45, 2.75) is 13.8 Å². The first-order valence-corrected chi connectivity index (χ1v) is 5.49. The van der Waals surface area contributed by atoms with Crippen LogP contribution >= 0.6 is 0 Å². The number of hydrogen-bond acceptors (Lipinski definition) is 4. The first-order chi connectivity index (χ1) is 8.60. The van der Waals surface area contributed by atoms with Crippen LogP contribution in [0.3, 0.4) is 0 Å². The van der Waals surface area contributed by atoms with Crippen molar-refractivity contribution in [3.05, 3.63) is 52.4 Å². The lowest BCUT2D eigenvalue weighted by molar-refractivity contribution is -0.130. The molecule has 0 aliphatic carbocycles. The summed E-state index contributed by atoms with van der Waals surface area (Å²) in [5.41, 5.74) is 0.478. The number of hydrogen-bond donors (Lipinski definition) is 0. The van der Waals surface area contributed by atoms with Crippen molar-refractivity contribution in [3.8, 4) is 5.75 Å². The minimum absolute atomic E-state index is 0.350. The Morgan fingerprint density at radius 3 is 2.72 bits per heavy atom. The molecule has 0 spiro atoms. The molecular formula is C14H12O4. The summed E-state index contributed by atoms with van der Waals surface area (Å²) in [4.78, 5) is 22.7. The van der Waals surface area contributed by atoms with Crippen LogP contribution < -0.4 is 10.4 Å². The highest BCUT2D eigenvalue weighted by molar-refractivity contribution is 5.90. The third kappa shape index (κ3) is 2.48. The summed E-state index contributed by atoms with van der Waals surface area (Å²) in [7, 11) is 0. The van der Waals surface area contributed by atoms with E-state index in [-0.39, 0.29) is 0 Å². The van der Waals surface area contributed by atoms with Crippen LogP contribution in [0, 0.1) is 0 Å². The van der Waals surface area contributed by atoms with Crippen molar-refractivity contribution < 1.29 is 13.9 Å². The van der Waals surface area contributed by atoms with E-state index >= 15 is 0 Å². The van der Waals surface area contributed by atoms with Crippen LogP contribution in [-0.4, -0.2) is 5.97 Å². The van der Waals surface area contributed by atoms with Gasteiger partial charge in [-0.05, 0) is 32.0 Å². The predicted molar refractivity (Wildman–Crippen MR) is 67.6 cm³/mol. The number of rotatable bonds is 2. The zero-order chi connectivity index (χ0) is 13.1. The number of ether oxygens (including phenoxy) is 1. The number of esters is 1. The first-order valence-electron chi connectivity index (χ1n) is 5.49. The minimum Gasteiger partial charge on any atom is -0.423 e. The van der Waals surface area contributed by atoms with Crippen LogP contribution in [0.2, 0.25) is 0 Å². The van der Waals surface area contributed by atoms with Crippen molar-refractivity contribution in [2.75, 3.05) is 0 Å². The van der Waals surface area contributed by atoms with E-state index in [1.165, 1.54) is 12.1 Å². The molecule has 1 heterocycles. The van der Waals surface area contributed by atoms with Gasteiger partial charge in [-0.1, -0.05) is 6.08 Å². The molecule has 0 saturated heterocycles. The van der Waals surface area contributed by atoms with Crippen molar-refractivity contribution in [1.82, 2.24) is 0 Å². The van der Waals surface area contributed by atoms with Crippen LogP contribution in [0.25, 0.3) is 11.0 Å². The third-order valence-corrected chi connectivity index (χ3v) is 2.56. The molecule has 0 saturated carbocycles. The molecule has 4 heteroatoms. The SMILES string of the molecule is CC=C(C)C(=O)Oc1ccc2ccc(=O)oc2c1. The normalized spacial score (nSPS) is 11.6. The number of allylic oxidation sites excluding steroid dienone is 1. The van der Waals surface area contributed by atoms with Gasteiger partial charge < -0.3 is 9.15 Å². The summed E-state index contributed by atoms with van der Waals surface area (Å²) in [5, 5.41) is 0.775. The molecule has 4 nitrogen and oxygen atoms in total. The number of fused-ring (bicyclic) bond motifs is 1. The van der Waals surface area contributed by atoms with Gasteiger partial charge in [0.1, 0.15) is 11.3 Å². The highest BCUT2D eigenvalue weighted by Crippen LogP contribution is 2.20. The van der Waals surface area contributed by atoms with Crippen molar-refractivity contribution in [1.29, 1.82) is 0 Å². The summed E-state index contributed by atoms with van der Waals surface area (Å²) in [5.74, 6) is -0.0711. The van der Waals surface area contributed by atoms with Gasteiger partial charge in [0.05, 0.1) is 0 Å². The largest absolute Gasteiger partial charge is 0.423 e. The Hall–Kier alpha value is -2.36. The van der Waals surface area contributed by atoms with E-state index in [0.717, 1.165) is 5.39 Å². The van der Waals surface area contributed by atoms with E-state index < -0.39 is 11.6 Å². The third-order valence-electron chi connectivity index (χ3n) is 2.56. The van der Waals surface area contributed by atoms with Crippen molar-refractivity contribution in [2.24, 2.45) is 0 Å². The summed E-state index contributed by atoms with van der Waals surface area (Å²) >= 11 is 0.